The van der Waals surface area contributed by atoms with Gasteiger partial charge in [0.05, 0.1) is 17.6 Å². The third-order valence-corrected chi connectivity index (χ3v) is 4.68. The standard InChI is InChI=1S/C23H20N4O2/c1-16-6-2-3-7-19(16)23(29)24-14-22(28)26-17-10-12-18(13-11-17)27-15-25-20-8-4-5-9-21(20)27/h2-13,15H,14H2,1H3,(H,24,29)(H,26,28). The van der Waals surface area contributed by atoms with E-state index in [1.165, 1.54) is 0 Å². The van der Waals surface area contributed by atoms with Gasteiger partial charge < -0.3 is 10.6 Å². The summed E-state index contributed by atoms with van der Waals surface area (Å²) in [6.45, 7) is 1.76. The van der Waals surface area contributed by atoms with Crippen molar-refractivity contribution in [3.8, 4) is 5.69 Å². The van der Waals surface area contributed by atoms with E-state index in [4.69, 9.17) is 0 Å². The highest BCUT2D eigenvalue weighted by atomic mass is 16.2. The molecule has 4 rings (SSSR count). The topological polar surface area (TPSA) is 76.0 Å². The normalized spacial score (nSPS) is 10.7. The van der Waals surface area contributed by atoms with Gasteiger partial charge in [0.1, 0.15) is 6.33 Å². The highest BCUT2D eigenvalue weighted by molar-refractivity contribution is 6.00. The predicted molar refractivity (Wildman–Crippen MR) is 113 cm³/mol. The maximum atomic E-state index is 12.2. The fraction of sp³-hybridized carbons (Fsp3) is 0.0870. The number of aryl methyl sites for hydroxylation is 1. The van der Waals surface area contributed by atoms with E-state index in [-0.39, 0.29) is 18.4 Å². The largest absolute Gasteiger partial charge is 0.343 e. The number of benzene rings is 3. The molecule has 1 heterocycles. The van der Waals surface area contributed by atoms with Gasteiger partial charge in [0.25, 0.3) is 5.91 Å². The molecule has 1 aromatic heterocycles. The Kier molecular flexibility index (Phi) is 5.07. The summed E-state index contributed by atoms with van der Waals surface area (Å²) < 4.78 is 1.99. The second-order valence-electron chi connectivity index (χ2n) is 6.70. The molecule has 0 spiro atoms. The maximum Gasteiger partial charge on any atom is 0.251 e. The molecule has 0 fully saturated rings. The zero-order valence-corrected chi connectivity index (χ0v) is 15.9. The van der Waals surface area contributed by atoms with Crippen molar-refractivity contribution >= 4 is 28.5 Å². The number of fused-ring (bicyclic) bond motifs is 1. The van der Waals surface area contributed by atoms with Crippen LogP contribution in [-0.2, 0) is 4.79 Å². The Morgan fingerprint density at radius 1 is 0.931 bits per heavy atom. The third-order valence-electron chi connectivity index (χ3n) is 4.68. The lowest BCUT2D eigenvalue weighted by Crippen LogP contribution is -2.33. The average molecular weight is 384 g/mol. The van der Waals surface area contributed by atoms with Crippen molar-refractivity contribution in [2.75, 3.05) is 11.9 Å². The molecule has 2 amide bonds. The predicted octanol–water partition coefficient (Wildman–Crippen LogP) is 3.70. The number of hydrogen-bond donors (Lipinski definition) is 2. The number of hydrogen-bond acceptors (Lipinski definition) is 3. The Balaban J connectivity index is 1.38. The molecule has 29 heavy (non-hydrogen) atoms. The first kappa shape index (κ1) is 18.4. The summed E-state index contributed by atoms with van der Waals surface area (Å²) in [5.74, 6) is -0.548. The van der Waals surface area contributed by atoms with E-state index < -0.39 is 0 Å². The lowest BCUT2D eigenvalue weighted by molar-refractivity contribution is -0.115. The fourth-order valence-electron chi connectivity index (χ4n) is 3.16. The Hall–Kier alpha value is -3.93. The number of imidazole rings is 1. The third kappa shape index (κ3) is 4.01. The van der Waals surface area contributed by atoms with Crippen LogP contribution in [-0.4, -0.2) is 27.9 Å². The average Bonchev–Trinajstić information content (AvgIpc) is 3.17. The summed E-state index contributed by atoms with van der Waals surface area (Å²) in [4.78, 5) is 28.8. The Labute approximate surface area is 168 Å². The molecule has 0 aliphatic rings. The van der Waals surface area contributed by atoms with Crippen LogP contribution in [0.25, 0.3) is 16.7 Å². The van der Waals surface area contributed by atoms with Gasteiger partial charge in [-0.3, -0.25) is 14.2 Å². The lowest BCUT2D eigenvalue weighted by atomic mass is 10.1. The molecule has 0 saturated heterocycles. The van der Waals surface area contributed by atoms with E-state index in [1.807, 2.05) is 72.2 Å². The van der Waals surface area contributed by atoms with Gasteiger partial charge in [0, 0.05) is 16.9 Å². The van der Waals surface area contributed by atoms with E-state index in [0.29, 0.717) is 11.3 Å². The van der Waals surface area contributed by atoms with Crippen LogP contribution in [0.1, 0.15) is 15.9 Å². The van der Waals surface area contributed by atoms with Crippen LogP contribution in [0.5, 0.6) is 0 Å². The summed E-state index contributed by atoms with van der Waals surface area (Å²) in [5.41, 5.74) is 4.99. The van der Waals surface area contributed by atoms with E-state index in [9.17, 15) is 9.59 Å². The number of amides is 2. The van der Waals surface area contributed by atoms with Crippen LogP contribution in [0.2, 0.25) is 0 Å². The summed E-state index contributed by atoms with van der Waals surface area (Å²) in [5, 5.41) is 5.44. The Morgan fingerprint density at radius 3 is 2.45 bits per heavy atom. The molecular weight excluding hydrogens is 364 g/mol. The van der Waals surface area contributed by atoms with Crippen molar-refractivity contribution in [2.24, 2.45) is 0 Å². The molecule has 0 bridgehead atoms. The number of nitrogens with zero attached hydrogens (tertiary/aromatic N) is 2. The number of carbonyl (C=O) groups excluding carboxylic acids is 2. The van der Waals surface area contributed by atoms with E-state index in [1.54, 1.807) is 18.5 Å². The monoisotopic (exact) mass is 384 g/mol. The zero-order valence-electron chi connectivity index (χ0n) is 15.9. The van der Waals surface area contributed by atoms with E-state index in [2.05, 4.69) is 15.6 Å². The van der Waals surface area contributed by atoms with Crippen LogP contribution in [0.15, 0.2) is 79.1 Å². The second-order valence-corrected chi connectivity index (χ2v) is 6.70. The minimum atomic E-state index is -0.284. The van der Waals surface area contributed by atoms with Crippen molar-refractivity contribution in [3.05, 3.63) is 90.3 Å². The minimum Gasteiger partial charge on any atom is -0.343 e. The first-order chi connectivity index (χ1) is 14.1. The molecule has 0 radical (unpaired) electrons. The highest BCUT2D eigenvalue weighted by Gasteiger charge is 2.10. The number of nitrogens with one attached hydrogen (secondary N) is 2. The molecule has 144 valence electrons. The number of carbonyl (C=O) groups is 2. The Bertz CT molecular complexity index is 1180. The molecule has 6 heteroatoms. The van der Waals surface area contributed by atoms with Crippen LogP contribution in [0.3, 0.4) is 0 Å². The smallest absolute Gasteiger partial charge is 0.251 e. The molecule has 6 nitrogen and oxygen atoms in total. The van der Waals surface area contributed by atoms with Crippen molar-refractivity contribution in [3.63, 3.8) is 0 Å². The van der Waals surface area contributed by atoms with E-state index in [0.717, 1.165) is 22.3 Å². The van der Waals surface area contributed by atoms with Crippen LogP contribution < -0.4 is 10.6 Å². The summed E-state index contributed by atoms with van der Waals surface area (Å²) in [7, 11) is 0. The van der Waals surface area contributed by atoms with Gasteiger partial charge in [-0.15, -0.1) is 0 Å². The van der Waals surface area contributed by atoms with Crippen molar-refractivity contribution < 1.29 is 9.59 Å². The molecule has 2 N–H and O–H groups in total. The summed E-state index contributed by atoms with van der Waals surface area (Å²) in [6.07, 6.45) is 1.78. The van der Waals surface area contributed by atoms with Crippen LogP contribution in [0, 0.1) is 6.92 Å². The van der Waals surface area contributed by atoms with Gasteiger partial charge in [0.2, 0.25) is 5.91 Å². The molecule has 0 atom stereocenters. The molecule has 0 aliphatic carbocycles. The van der Waals surface area contributed by atoms with Crippen molar-refractivity contribution in [1.82, 2.24) is 14.9 Å². The minimum absolute atomic E-state index is 0.0962. The summed E-state index contributed by atoms with van der Waals surface area (Å²) >= 11 is 0. The number of anilines is 1. The quantitative estimate of drug-likeness (QED) is 0.551. The molecule has 4 aromatic rings. The van der Waals surface area contributed by atoms with Gasteiger partial charge in [-0.1, -0.05) is 30.3 Å². The zero-order chi connectivity index (χ0) is 20.2. The van der Waals surface area contributed by atoms with Gasteiger partial charge >= 0.3 is 0 Å². The van der Waals surface area contributed by atoms with Crippen molar-refractivity contribution in [2.45, 2.75) is 6.92 Å². The van der Waals surface area contributed by atoms with Crippen LogP contribution >= 0.6 is 0 Å². The second kappa shape index (κ2) is 7.98. The number of aromatic nitrogens is 2. The lowest BCUT2D eigenvalue weighted by Gasteiger charge is -2.09. The van der Waals surface area contributed by atoms with Gasteiger partial charge in [-0.25, -0.2) is 4.98 Å². The molecule has 0 saturated carbocycles. The molecule has 0 unspecified atom stereocenters. The first-order valence-corrected chi connectivity index (χ1v) is 9.28. The Morgan fingerprint density at radius 2 is 1.66 bits per heavy atom. The van der Waals surface area contributed by atoms with Gasteiger partial charge in [-0.05, 0) is 55.0 Å². The number of rotatable bonds is 5. The SMILES string of the molecule is Cc1ccccc1C(=O)NCC(=O)Nc1ccc(-n2cnc3ccccc32)cc1. The summed E-state index contributed by atoms with van der Waals surface area (Å²) in [6, 6.07) is 22.6. The molecule has 3 aromatic carbocycles. The highest BCUT2D eigenvalue weighted by Crippen LogP contribution is 2.19. The van der Waals surface area contributed by atoms with Gasteiger partial charge in [0.15, 0.2) is 0 Å². The van der Waals surface area contributed by atoms with Crippen LogP contribution in [0.4, 0.5) is 5.69 Å². The van der Waals surface area contributed by atoms with Crippen molar-refractivity contribution in [1.29, 1.82) is 0 Å². The fourth-order valence-corrected chi connectivity index (χ4v) is 3.16. The first-order valence-electron chi connectivity index (χ1n) is 9.28. The maximum absolute atomic E-state index is 12.2. The number of para-hydroxylation sites is 2. The van der Waals surface area contributed by atoms with Gasteiger partial charge in [-0.2, -0.15) is 0 Å². The molecule has 0 aliphatic heterocycles. The molecular formula is C23H20N4O2. The van der Waals surface area contributed by atoms with E-state index >= 15 is 0 Å².